The quantitative estimate of drug-likeness (QED) is 0.604. The lowest BCUT2D eigenvalue weighted by molar-refractivity contribution is -0.384. The molecule has 7 nitrogen and oxygen atoms in total. The highest BCUT2D eigenvalue weighted by Gasteiger charge is 2.23. The first kappa shape index (κ1) is 15.9. The molecule has 1 unspecified atom stereocenters. The summed E-state index contributed by atoms with van der Waals surface area (Å²) in [5.41, 5.74) is 3.77. The molecule has 0 aliphatic carbocycles. The average molecular weight is 289 g/mol. The monoisotopic (exact) mass is 289 g/mol. The Morgan fingerprint density at radius 3 is 2.70 bits per heavy atom. The third-order valence-electron chi connectivity index (χ3n) is 2.50. The SMILES string of the molecule is COC(CN)CC(=O)Nc1c(F)cc(F)cc1[N+](=O)[O-]. The molecular formula is C11H13F2N3O4. The number of nitrogens with one attached hydrogen (secondary N) is 1. The molecule has 1 atom stereocenters. The molecule has 0 aromatic heterocycles. The molecule has 0 saturated heterocycles. The van der Waals surface area contributed by atoms with Gasteiger partial charge in [-0.25, -0.2) is 8.78 Å². The van der Waals surface area contributed by atoms with Crippen molar-refractivity contribution in [1.29, 1.82) is 0 Å². The summed E-state index contributed by atoms with van der Waals surface area (Å²) in [6.45, 7) is 0.0535. The lowest BCUT2D eigenvalue weighted by atomic mass is 10.2. The Balaban J connectivity index is 2.97. The van der Waals surface area contributed by atoms with Crippen molar-refractivity contribution in [3.63, 3.8) is 0 Å². The van der Waals surface area contributed by atoms with Crippen molar-refractivity contribution < 1.29 is 23.2 Å². The van der Waals surface area contributed by atoms with Crippen molar-refractivity contribution in [1.82, 2.24) is 0 Å². The fraction of sp³-hybridized carbons (Fsp3) is 0.364. The number of hydrogen-bond donors (Lipinski definition) is 2. The van der Waals surface area contributed by atoms with Crippen LogP contribution in [0.3, 0.4) is 0 Å². The predicted octanol–water partition coefficient (Wildman–Crippen LogP) is 1.18. The van der Waals surface area contributed by atoms with E-state index in [-0.39, 0.29) is 13.0 Å². The third kappa shape index (κ3) is 3.93. The number of nitro groups is 1. The van der Waals surface area contributed by atoms with Crippen molar-refractivity contribution >= 4 is 17.3 Å². The minimum absolute atomic E-state index is 0.0535. The molecule has 1 aromatic rings. The maximum Gasteiger partial charge on any atom is 0.298 e. The molecule has 0 spiro atoms. The van der Waals surface area contributed by atoms with Crippen LogP contribution in [0.1, 0.15) is 6.42 Å². The van der Waals surface area contributed by atoms with E-state index in [2.05, 4.69) is 0 Å². The molecule has 0 bridgehead atoms. The Morgan fingerprint density at radius 2 is 2.20 bits per heavy atom. The molecule has 1 amide bonds. The number of carbonyl (C=O) groups excluding carboxylic acids is 1. The summed E-state index contributed by atoms with van der Waals surface area (Å²) in [6, 6.07) is 0.967. The van der Waals surface area contributed by atoms with Gasteiger partial charge in [-0.1, -0.05) is 0 Å². The van der Waals surface area contributed by atoms with Crippen LogP contribution in [0, 0.1) is 21.7 Å². The molecule has 0 aliphatic rings. The molecule has 0 fully saturated rings. The fourth-order valence-corrected chi connectivity index (χ4v) is 1.49. The van der Waals surface area contributed by atoms with E-state index < -0.39 is 39.9 Å². The summed E-state index contributed by atoms with van der Waals surface area (Å²) in [4.78, 5) is 21.4. The second kappa shape index (κ2) is 6.87. The van der Waals surface area contributed by atoms with Gasteiger partial charge < -0.3 is 15.8 Å². The minimum Gasteiger partial charge on any atom is -0.380 e. The highest BCUT2D eigenvalue weighted by molar-refractivity contribution is 5.93. The minimum atomic E-state index is -1.23. The van der Waals surface area contributed by atoms with Gasteiger partial charge in [0, 0.05) is 19.7 Å². The average Bonchev–Trinajstić information content (AvgIpc) is 2.38. The molecule has 1 aromatic carbocycles. The fourth-order valence-electron chi connectivity index (χ4n) is 1.49. The number of nitrogens with zero attached hydrogens (tertiary/aromatic N) is 1. The van der Waals surface area contributed by atoms with Crippen LogP contribution in [-0.2, 0) is 9.53 Å². The van der Waals surface area contributed by atoms with Crippen LogP contribution in [0.4, 0.5) is 20.2 Å². The van der Waals surface area contributed by atoms with E-state index in [1.54, 1.807) is 0 Å². The van der Waals surface area contributed by atoms with Gasteiger partial charge >= 0.3 is 0 Å². The molecule has 0 heterocycles. The predicted molar refractivity (Wildman–Crippen MR) is 66.1 cm³/mol. The lowest BCUT2D eigenvalue weighted by Crippen LogP contribution is -2.28. The smallest absolute Gasteiger partial charge is 0.298 e. The number of hydrogen-bond acceptors (Lipinski definition) is 5. The number of ether oxygens (including phenoxy) is 1. The number of anilines is 1. The van der Waals surface area contributed by atoms with E-state index in [4.69, 9.17) is 10.5 Å². The van der Waals surface area contributed by atoms with E-state index in [0.29, 0.717) is 12.1 Å². The Bertz CT molecular complexity index is 521. The second-order valence-electron chi connectivity index (χ2n) is 3.88. The van der Waals surface area contributed by atoms with Crippen LogP contribution >= 0.6 is 0 Å². The summed E-state index contributed by atoms with van der Waals surface area (Å²) in [5.74, 6) is -3.06. The molecule has 0 saturated carbocycles. The van der Waals surface area contributed by atoms with E-state index >= 15 is 0 Å². The van der Waals surface area contributed by atoms with Gasteiger partial charge in [0.1, 0.15) is 5.82 Å². The first-order chi connectivity index (χ1) is 9.38. The van der Waals surface area contributed by atoms with Crippen molar-refractivity contribution in [2.75, 3.05) is 19.0 Å². The van der Waals surface area contributed by atoms with Crippen LogP contribution in [0.5, 0.6) is 0 Å². The van der Waals surface area contributed by atoms with E-state index in [1.807, 2.05) is 5.32 Å². The molecule has 110 valence electrons. The highest BCUT2D eigenvalue weighted by Crippen LogP contribution is 2.28. The van der Waals surface area contributed by atoms with Gasteiger partial charge in [-0.3, -0.25) is 14.9 Å². The molecule has 20 heavy (non-hydrogen) atoms. The molecule has 9 heteroatoms. The van der Waals surface area contributed by atoms with Gasteiger partial charge in [0.25, 0.3) is 5.69 Å². The molecule has 0 radical (unpaired) electrons. The van der Waals surface area contributed by atoms with Gasteiger partial charge in [-0.2, -0.15) is 0 Å². The summed E-state index contributed by atoms with van der Waals surface area (Å²) < 4.78 is 31.3. The first-order valence-electron chi connectivity index (χ1n) is 5.55. The largest absolute Gasteiger partial charge is 0.380 e. The Kier molecular flexibility index (Phi) is 5.47. The zero-order chi connectivity index (χ0) is 15.3. The Morgan fingerprint density at radius 1 is 1.55 bits per heavy atom. The van der Waals surface area contributed by atoms with Crippen LogP contribution in [0.15, 0.2) is 12.1 Å². The van der Waals surface area contributed by atoms with Crippen molar-refractivity contribution in [3.8, 4) is 0 Å². The van der Waals surface area contributed by atoms with Gasteiger partial charge in [0.05, 0.1) is 23.5 Å². The maximum atomic E-state index is 13.5. The molecular weight excluding hydrogens is 276 g/mol. The zero-order valence-electron chi connectivity index (χ0n) is 10.6. The first-order valence-corrected chi connectivity index (χ1v) is 5.55. The number of benzene rings is 1. The van der Waals surface area contributed by atoms with Gasteiger partial charge in [-0.05, 0) is 0 Å². The summed E-state index contributed by atoms with van der Waals surface area (Å²) in [7, 11) is 1.34. The van der Waals surface area contributed by atoms with Crippen LogP contribution < -0.4 is 11.1 Å². The number of carbonyl (C=O) groups is 1. The normalized spacial score (nSPS) is 12.0. The number of methoxy groups -OCH3 is 1. The number of amides is 1. The van der Waals surface area contributed by atoms with Crippen molar-refractivity contribution in [2.24, 2.45) is 5.73 Å². The molecule has 0 aliphatic heterocycles. The number of nitro benzene ring substituents is 1. The molecule has 1 rings (SSSR count). The van der Waals surface area contributed by atoms with E-state index in [9.17, 15) is 23.7 Å². The maximum absolute atomic E-state index is 13.5. The van der Waals surface area contributed by atoms with Crippen molar-refractivity contribution in [2.45, 2.75) is 12.5 Å². The van der Waals surface area contributed by atoms with Crippen molar-refractivity contribution in [3.05, 3.63) is 33.9 Å². The summed E-state index contributed by atoms with van der Waals surface area (Å²) >= 11 is 0. The topological polar surface area (TPSA) is 107 Å². The third-order valence-corrected chi connectivity index (χ3v) is 2.50. The van der Waals surface area contributed by atoms with E-state index in [1.165, 1.54) is 7.11 Å². The summed E-state index contributed by atoms with van der Waals surface area (Å²) in [5, 5.41) is 12.7. The van der Waals surface area contributed by atoms with Gasteiger partial charge in [0.15, 0.2) is 11.5 Å². The standard InChI is InChI=1S/C11H13F2N3O4/c1-20-7(5-14)4-10(17)15-11-8(13)2-6(12)3-9(11)16(18)19/h2-3,7H,4-5,14H2,1H3,(H,15,17). The second-order valence-corrected chi connectivity index (χ2v) is 3.88. The van der Waals surface area contributed by atoms with Crippen LogP contribution in [-0.4, -0.2) is 30.6 Å². The number of halogens is 2. The zero-order valence-corrected chi connectivity index (χ0v) is 10.6. The highest BCUT2D eigenvalue weighted by atomic mass is 19.1. The summed E-state index contributed by atoms with van der Waals surface area (Å²) in [6.07, 6.45) is -0.807. The van der Waals surface area contributed by atoms with Crippen LogP contribution in [0.2, 0.25) is 0 Å². The lowest BCUT2D eigenvalue weighted by Gasteiger charge is -2.13. The Hall–Kier alpha value is -2.13. The number of rotatable bonds is 6. The van der Waals surface area contributed by atoms with E-state index in [0.717, 1.165) is 0 Å². The number of nitrogens with two attached hydrogens (primary N) is 1. The Labute approximate surface area is 112 Å². The van der Waals surface area contributed by atoms with Crippen LogP contribution in [0.25, 0.3) is 0 Å². The van der Waals surface area contributed by atoms with Gasteiger partial charge in [-0.15, -0.1) is 0 Å². The van der Waals surface area contributed by atoms with Gasteiger partial charge in [0.2, 0.25) is 5.91 Å². The molecule has 3 N–H and O–H groups in total.